The molecule has 0 aliphatic rings. The van der Waals surface area contributed by atoms with Crippen molar-refractivity contribution in [3.05, 3.63) is 59.7 Å². The van der Waals surface area contributed by atoms with E-state index >= 15 is 0 Å². The van der Waals surface area contributed by atoms with E-state index in [4.69, 9.17) is 19.3 Å². The lowest BCUT2D eigenvalue weighted by atomic mass is 10.2. The van der Waals surface area contributed by atoms with Gasteiger partial charge in [-0.2, -0.15) is 0 Å². The minimum Gasteiger partial charge on any atom is -0.493 e. The van der Waals surface area contributed by atoms with Gasteiger partial charge in [0.2, 0.25) is 0 Å². The molecule has 1 N–H and O–H groups in total. The van der Waals surface area contributed by atoms with Crippen molar-refractivity contribution in [2.45, 2.75) is 6.61 Å². The van der Waals surface area contributed by atoms with Crippen molar-refractivity contribution in [1.82, 2.24) is 0 Å². The molecule has 0 heterocycles. The highest BCUT2D eigenvalue weighted by molar-refractivity contribution is 5.88. The zero-order chi connectivity index (χ0) is 16.7. The summed E-state index contributed by atoms with van der Waals surface area (Å²) in [6, 6.07) is 12.0. The highest BCUT2D eigenvalue weighted by Gasteiger charge is 2.04. The Bertz CT molecular complexity index is 689. The number of aliphatic hydroxyl groups is 1. The third-order valence-electron chi connectivity index (χ3n) is 3.14. The van der Waals surface area contributed by atoms with Gasteiger partial charge < -0.3 is 19.3 Å². The molecule has 0 spiro atoms. The van der Waals surface area contributed by atoms with Crippen LogP contribution in [0.3, 0.4) is 0 Å². The number of carbonyl (C=O) groups is 1. The second kappa shape index (κ2) is 8.00. The Morgan fingerprint density at radius 1 is 1.04 bits per heavy atom. The van der Waals surface area contributed by atoms with Crippen LogP contribution < -0.4 is 14.2 Å². The smallest absolute Gasteiger partial charge is 0.336 e. The summed E-state index contributed by atoms with van der Waals surface area (Å²) >= 11 is 0. The van der Waals surface area contributed by atoms with Crippen LogP contribution in [0.5, 0.6) is 17.2 Å². The molecule has 0 saturated heterocycles. The molecule has 0 bridgehead atoms. The molecule has 5 nitrogen and oxygen atoms in total. The lowest BCUT2D eigenvalue weighted by molar-refractivity contribution is -0.128. The zero-order valence-corrected chi connectivity index (χ0v) is 13.0. The molecule has 0 saturated carbocycles. The van der Waals surface area contributed by atoms with Gasteiger partial charge in [0.15, 0.2) is 11.5 Å². The fourth-order valence-electron chi connectivity index (χ4n) is 1.93. The van der Waals surface area contributed by atoms with Crippen molar-refractivity contribution >= 4 is 12.0 Å². The summed E-state index contributed by atoms with van der Waals surface area (Å²) in [4.78, 5) is 11.8. The molecule has 0 aliphatic heterocycles. The maximum atomic E-state index is 11.8. The molecule has 2 rings (SSSR count). The van der Waals surface area contributed by atoms with Gasteiger partial charge in [0.25, 0.3) is 0 Å². The van der Waals surface area contributed by atoms with E-state index < -0.39 is 5.97 Å². The predicted octanol–water partition coefficient (Wildman–Crippen LogP) is 2.81. The standard InChI is InChI=1S/C18H18O5/c1-21-16-9-5-13(11-17(16)22-2)6-10-18(20)23-15-7-3-14(12-19)4-8-15/h3-11,19H,12H2,1-2H3/b10-6+. The maximum absolute atomic E-state index is 11.8. The summed E-state index contributed by atoms with van der Waals surface area (Å²) < 4.78 is 15.5. The Kier molecular flexibility index (Phi) is 5.77. The Labute approximate surface area is 134 Å². The van der Waals surface area contributed by atoms with Gasteiger partial charge in [-0.25, -0.2) is 4.79 Å². The average molecular weight is 314 g/mol. The first-order chi connectivity index (χ1) is 11.2. The third-order valence-corrected chi connectivity index (χ3v) is 3.14. The van der Waals surface area contributed by atoms with Crippen LogP contribution in [0, 0.1) is 0 Å². The molecule has 120 valence electrons. The first-order valence-electron chi connectivity index (χ1n) is 6.98. The van der Waals surface area contributed by atoms with Gasteiger partial charge in [-0.05, 0) is 41.5 Å². The van der Waals surface area contributed by atoms with Crippen molar-refractivity contribution in [1.29, 1.82) is 0 Å². The molecule has 0 fully saturated rings. The highest BCUT2D eigenvalue weighted by atomic mass is 16.5. The Morgan fingerprint density at radius 3 is 2.35 bits per heavy atom. The van der Waals surface area contributed by atoms with Crippen molar-refractivity contribution in [2.75, 3.05) is 14.2 Å². The summed E-state index contributed by atoms with van der Waals surface area (Å²) in [6.07, 6.45) is 2.97. The van der Waals surface area contributed by atoms with Gasteiger partial charge in [-0.15, -0.1) is 0 Å². The van der Waals surface area contributed by atoms with Crippen LogP contribution in [0.15, 0.2) is 48.5 Å². The number of hydrogen-bond donors (Lipinski definition) is 1. The van der Waals surface area contributed by atoms with Gasteiger partial charge in [0, 0.05) is 6.08 Å². The van der Waals surface area contributed by atoms with Crippen molar-refractivity contribution in [2.24, 2.45) is 0 Å². The van der Waals surface area contributed by atoms with Gasteiger partial charge >= 0.3 is 5.97 Å². The molecule has 0 radical (unpaired) electrons. The lowest BCUT2D eigenvalue weighted by Gasteiger charge is -2.07. The minimum absolute atomic E-state index is 0.0482. The number of esters is 1. The molecule has 2 aromatic rings. The molecule has 2 aromatic carbocycles. The first kappa shape index (κ1) is 16.6. The molecule has 0 aliphatic carbocycles. The monoisotopic (exact) mass is 314 g/mol. The van der Waals surface area contributed by atoms with E-state index in [0.29, 0.717) is 17.2 Å². The van der Waals surface area contributed by atoms with Crippen molar-refractivity contribution in [3.8, 4) is 17.2 Å². The van der Waals surface area contributed by atoms with Crippen molar-refractivity contribution in [3.63, 3.8) is 0 Å². The average Bonchev–Trinajstić information content (AvgIpc) is 2.60. The van der Waals surface area contributed by atoms with Gasteiger partial charge in [-0.3, -0.25) is 0 Å². The SMILES string of the molecule is COc1ccc(/C=C/C(=O)Oc2ccc(CO)cc2)cc1OC. The molecule has 0 aromatic heterocycles. The lowest BCUT2D eigenvalue weighted by Crippen LogP contribution is -2.03. The number of carbonyl (C=O) groups excluding carboxylic acids is 1. The topological polar surface area (TPSA) is 65.0 Å². The second-order valence-corrected chi connectivity index (χ2v) is 4.67. The quantitative estimate of drug-likeness (QED) is 0.504. The van der Waals surface area contributed by atoms with Crippen molar-refractivity contribution < 1.29 is 24.1 Å². The maximum Gasteiger partial charge on any atom is 0.336 e. The summed E-state index contributed by atoms with van der Waals surface area (Å²) in [5.41, 5.74) is 1.54. The fourth-order valence-corrected chi connectivity index (χ4v) is 1.93. The van der Waals surface area contributed by atoms with Crippen LogP contribution >= 0.6 is 0 Å². The van der Waals surface area contributed by atoms with Gasteiger partial charge in [0.05, 0.1) is 20.8 Å². The molecule has 5 heteroatoms. The number of aliphatic hydroxyl groups excluding tert-OH is 1. The molecule has 23 heavy (non-hydrogen) atoms. The van der Waals surface area contributed by atoms with E-state index in [1.54, 1.807) is 62.8 Å². The molecule has 0 unspecified atom stereocenters. The Balaban J connectivity index is 2.02. The number of rotatable bonds is 6. The Hall–Kier alpha value is -2.79. The third kappa shape index (κ3) is 4.59. The Morgan fingerprint density at radius 2 is 1.74 bits per heavy atom. The number of benzene rings is 2. The van der Waals surface area contributed by atoms with E-state index in [1.807, 2.05) is 0 Å². The minimum atomic E-state index is -0.489. The molecule has 0 amide bonds. The van der Waals surface area contributed by atoms with Crippen LogP contribution in [-0.4, -0.2) is 25.3 Å². The fraction of sp³-hybridized carbons (Fsp3) is 0.167. The molecular weight excluding hydrogens is 296 g/mol. The van der Waals surface area contributed by atoms with Gasteiger partial charge in [-0.1, -0.05) is 18.2 Å². The molecule has 0 atom stereocenters. The van der Waals surface area contributed by atoms with E-state index in [9.17, 15) is 4.79 Å². The summed E-state index contributed by atoms with van der Waals surface area (Å²) in [5, 5.41) is 8.96. The summed E-state index contributed by atoms with van der Waals surface area (Å²) in [6.45, 7) is -0.0482. The summed E-state index contributed by atoms with van der Waals surface area (Å²) in [5.74, 6) is 1.14. The van der Waals surface area contributed by atoms with Crippen LogP contribution in [0.25, 0.3) is 6.08 Å². The predicted molar refractivity (Wildman–Crippen MR) is 86.6 cm³/mol. The molecular formula is C18H18O5. The number of ether oxygens (including phenoxy) is 3. The largest absolute Gasteiger partial charge is 0.493 e. The number of hydrogen-bond acceptors (Lipinski definition) is 5. The van der Waals surface area contributed by atoms with Gasteiger partial charge in [0.1, 0.15) is 5.75 Å². The second-order valence-electron chi connectivity index (χ2n) is 4.67. The van der Waals surface area contributed by atoms with E-state index in [1.165, 1.54) is 6.08 Å². The highest BCUT2D eigenvalue weighted by Crippen LogP contribution is 2.28. The van der Waals surface area contributed by atoms with E-state index in [-0.39, 0.29) is 6.61 Å². The van der Waals surface area contributed by atoms with E-state index in [2.05, 4.69) is 0 Å². The normalized spacial score (nSPS) is 10.6. The van der Waals surface area contributed by atoms with E-state index in [0.717, 1.165) is 11.1 Å². The summed E-state index contributed by atoms with van der Waals surface area (Å²) in [7, 11) is 3.11. The first-order valence-corrected chi connectivity index (χ1v) is 6.98. The van der Waals surface area contributed by atoms with Crippen LogP contribution in [0.4, 0.5) is 0 Å². The van der Waals surface area contributed by atoms with Crippen LogP contribution in [0.2, 0.25) is 0 Å². The number of methoxy groups -OCH3 is 2. The van der Waals surface area contributed by atoms with Crippen LogP contribution in [-0.2, 0) is 11.4 Å². The van der Waals surface area contributed by atoms with Crippen LogP contribution in [0.1, 0.15) is 11.1 Å². The zero-order valence-electron chi connectivity index (χ0n) is 13.0.